The van der Waals surface area contributed by atoms with E-state index in [1.54, 1.807) is 24.1 Å². The number of anilines is 1. The van der Waals surface area contributed by atoms with E-state index in [0.717, 1.165) is 12.0 Å². The Morgan fingerprint density at radius 2 is 1.82 bits per heavy atom. The van der Waals surface area contributed by atoms with Crippen molar-refractivity contribution in [3.8, 4) is 5.75 Å². The highest BCUT2D eigenvalue weighted by Crippen LogP contribution is 2.57. The van der Waals surface area contributed by atoms with Gasteiger partial charge in [-0.2, -0.15) is 0 Å². The van der Waals surface area contributed by atoms with Gasteiger partial charge in [0.25, 0.3) is 0 Å². The van der Waals surface area contributed by atoms with E-state index in [1.807, 2.05) is 36.4 Å². The van der Waals surface area contributed by atoms with Gasteiger partial charge < -0.3 is 19.4 Å². The number of methoxy groups -OCH3 is 1. The molecule has 1 heterocycles. The first-order chi connectivity index (χ1) is 10.5. The molecule has 0 bridgehead atoms. The highest BCUT2D eigenvalue weighted by atomic mass is 31.2. The highest BCUT2D eigenvalue weighted by molar-refractivity contribution is 7.52. The van der Waals surface area contributed by atoms with Crippen molar-refractivity contribution >= 4 is 13.3 Å². The van der Waals surface area contributed by atoms with Crippen LogP contribution in [-0.2, 0) is 11.0 Å². The van der Waals surface area contributed by atoms with Gasteiger partial charge in [0.1, 0.15) is 5.75 Å². The normalized spacial score (nSPS) is 18.0. The lowest BCUT2D eigenvalue weighted by Crippen LogP contribution is -2.35. The Labute approximate surface area is 129 Å². The number of ether oxygens (including phenoxy) is 1. The lowest BCUT2D eigenvalue weighted by atomic mass is 9.99. The Bertz CT molecular complexity index is 728. The van der Waals surface area contributed by atoms with Crippen LogP contribution in [0.1, 0.15) is 16.9 Å². The average Bonchev–Trinajstić information content (AvgIpc) is 2.52. The number of fused-ring (bicyclic) bond motifs is 1. The molecule has 2 aromatic rings. The van der Waals surface area contributed by atoms with Crippen LogP contribution in [0.25, 0.3) is 0 Å². The van der Waals surface area contributed by atoms with Crippen LogP contribution in [-0.4, -0.2) is 23.4 Å². The molecule has 0 amide bonds. The first kappa shape index (κ1) is 15.1. The van der Waals surface area contributed by atoms with Crippen LogP contribution < -0.4 is 9.64 Å². The van der Waals surface area contributed by atoms with E-state index in [4.69, 9.17) is 4.74 Å². The Morgan fingerprint density at radius 1 is 1.14 bits per heavy atom. The zero-order chi connectivity index (χ0) is 15.7. The molecule has 5 nitrogen and oxygen atoms in total. The van der Waals surface area contributed by atoms with Crippen molar-refractivity contribution in [2.45, 2.75) is 12.2 Å². The zero-order valence-electron chi connectivity index (χ0n) is 12.2. The fraction of sp³-hybridized carbons (Fsp3) is 0.250. The number of nitrogens with zero attached hydrogens (tertiary/aromatic N) is 1. The standard InChI is InChI=1S/C16H18NO4P/c1-21-15-9-5-4-8-14(15)17-11-10-12-6-2-3-7-13(12)16(17)22(18,19)20/h2-9,16H,10-11H2,1H3,(H2,18,19,20). The van der Waals surface area contributed by atoms with Crippen LogP contribution in [0.5, 0.6) is 5.75 Å². The molecule has 0 aromatic heterocycles. The van der Waals surface area contributed by atoms with Crippen LogP contribution in [0.4, 0.5) is 5.69 Å². The monoisotopic (exact) mass is 319 g/mol. The molecule has 2 N–H and O–H groups in total. The first-order valence-corrected chi connectivity index (χ1v) is 8.73. The molecule has 3 rings (SSSR count). The van der Waals surface area contributed by atoms with Gasteiger partial charge in [0.2, 0.25) is 0 Å². The third-order valence-corrected chi connectivity index (χ3v) is 5.16. The largest absolute Gasteiger partial charge is 0.495 e. The molecular formula is C16H18NO4P. The van der Waals surface area contributed by atoms with Gasteiger partial charge in [-0.3, -0.25) is 4.57 Å². The van der Waals surface area contributed by atoms with Gasteiger partial charge >= 0.3 is 7.60 Å². The third kappa shape index (κ3) is 2.63. The predicted octanol–water partition coefficient (Wildman–Crippen LogP) is 2.93. The molecule has 0 spiro atoms. The molecule has 1 aliphatic rings. The van der Waals surface area contributed by atoms with Crippen LogP contribution in [0.3, 0.4) is 0 Å². The summed E-state index contributed by atoms with van der Waals surface area (Å²) in [5, 5.41) is 0. The Balaban J connectivity index is 2.14. The van der Waals surface area contributed by atoms with Crippen molar-refractivity contribution in [1.82, 2.24) is 0 Å². The summed E-state index contributed by atoms with van der Waals surface area (Å²) in [6, 6.07) is 14.7. The second kappa shape index (κ2) is 5.76. The third-order valence-electron chi connectivity index (χ3n) is 3.96. The quantitative estimate of drug-likeness (QED) is 0.851. The number of hydrogen-bond acceptors (Lipinski definition) is 3. The van der Waals surface area contributed by atoms with Crippen LogP contribution in [0.2, 0.25) is 0 Å². The van der Waals surface area contributed by atoms with Gasteiger partial charge in [-0.15, -0.1) is 0 Å². The summed E-state index contributed by atoms with van der Waals surface area (Å²) >= 11 is 0. The molecule has 0 aliphatic carbocycles. The summed E-state index contributed by atoms with van der Waals surface area (Å²) in [6.07, 6.45) is 0.741. The van der Waals surface area contributed by atoms with Crippen molar-refractivity contribution in [1.29, 1.82) is 0 Å². The summed E-state index contributed by atoms with van der Waals surface area (Å²) in [6.45, 7) is 0.535. The summed E-state index contributed by atoms with van der Waals surface area (Å²) in [7, 11) is -2.80. The Kier molecular flexibility index (Phi) is 3.96. The smallest absolute Gasteiger partial charge is 0.352 e. The minimum atomic E-state index is -4.36. The number of benzene rings is 2. The summed E-state index contributed by atoms with van der Waals surface area (Å²) < 4.78 is 17.5. The molecule has 0 saturated carbocycles. The van der Waals surface area contributed by atoms with Crippen molar-refractivity contribution in [2.75, 3.05) is 18.6 Å². The fourth-order valence-corrected chi connectivity index (χ4v) is 4.24. The molecule has 6 heteroatoms. The summed E-state index contributed by atoms with van der Waals surface area (Å²) in [4.78, 5) is 21.6. The van der Waals surface area contributed by atoms with Gasteiger partial charge in [-0.05, 0) is 29.7 Å². The molecule has 1 aliphatic heterocycles. The van der Waals surface area contributed by atoms with Gasteiger partial charge in [0, 0.05) is 6.54 Å². The van der Waals surface area contributed by atoms with E-state index in [9.17, 15) is 14.4 Å². The average molecular weight is 319 g/mol. The second-order valence-electron chi connectivity index (χ2n) is 5.28. The molecule has 0 radical (unpaired) electrons. The molecule has 22 heavy (non-hydrogen) atoms. The number of para-hydroxylation sites is 2. The van der Waals surface area contributed by atoms with E-state index in [2.05, 4.69) is 0 Å². The second-order valence-corrected chi connectivity index (χ2v) is 6.94. The highest BCUT2D eigenvalue weighted by Gasteiger charge is 2.40. The van der Waals surface area contributed by atoms with Crippen molar-refractivity contribution < 1.29 is 19.1 Å². The molecule has 2 aromatic carbocycles. The predicted molar refractivity (Wildman–Crippen MR) is 85.3 cm³/mol. The lowest BCUT2D eigenvalue weighted by Gasteiger charge is -2.39. The number of rotatable bonds is 3. The Hall–Kier alpha value is -1.81. The van der Waals surface area contributed by atoms with Gasteiger partial charge in [-0.25, -0.2) is 0 Å². The Morgan fingerprint density at radius 3 is 2.55 bits per heavy atom. The van der Waals surface area contributed by atoms with Gasteiger partial charge in [0.05, 0.1) is 12.8 Å². The van der Waals surface area contributed by atoms with Crippen molar-refractivity contribution in [2.24, 2.45) is 0 Å². The van der Waals surface area contributed by atoms with Crippen LogP contribution in [0.15, 0.2) is 48.5 Å². The minimum absolute atomic E-state index is 0.535. The van der Waals surface area contributed by atoms with E-state index >= 15 is 0 Å². The minimum Gasteiger partial charge on any atom is -0.495 e. The zero-order valence-corrected chi connectivity index (χ0v) is 13.1. The number of hydrogen-bond donors (Lipinski definition) is 2. The van der Waals surface area contributed by atoms with E-state index in [0.29, 0.717) is 23.5 Å². The van der Waals surface area contributed by atoms with Gasteiger partial charge in [0.15, 0.2) is 5.78 Å². The van der Waals surface area contributed by atoms with E-state index in [1.165, 1.54) is 0 Å². The maximum atomic E-state index is 12.1. The molecular weight excluding hydrogens is 301 g/mol. The SMILES string of the molecule is COc1ccccc1N1CCc2ccccc2C1P(=O)(O)O. The summed E-state index contributed by atoms with van der Waals surface area (Å²) in [5.74, 6) is -0.367. The van der Waals surface area contributed by atoms with Crippen molar-refractivity contribution in [3.63, 3.8) is 0 Å². The van der Waals surface area contributed by atoms with E-state index in [-0.39, 0.29) is 0 Å². The molecule has 0 fully saturated rings. The maximum absolute atomic E-state index is 12.1. The van der Waals surface area contributed by atoms with Crippen LogP contribution >= 0.6 is 7.60 Å². The van der Waals surface area contributed by atoms with Crippen molar-refractivity contribution in [3.05, 3.63) is 59.7 Å². The maximum Gasteiger partial charge on any atom is 0.352 e. The lowest BCUT2D eigenvalue weighted by molar-refractivity contribution is 0.353. The molecule has 1 atom stereocenters. The molecule has 0 saturated heterocycles. The van der Waals surface area contributed by atoms with E-state index < -0.39 is 13.4 Å². The molecule has 116 valence electrons. The van der Waals surface area contributed by atoms with Crippen LogP contribution in [0, 0.1) is 0 Å². The first-order valence-electron chi connectivity index (χ1n) is 7.05. The molecule has 1 unspecified atom stereocenters. The summed E-state index contributed by atoms with van der Waals surface area (Å²) in [5.41, 5.74) is 2.38. The fourth-order valence-electron chi connectivity index (χ4n) is 3.03. The van der Waals surface area contributed by atoms with Gasteiger partial charge in [-0.1, -0.05) is 36.4 Å². The topological polar surface area (TPSA) is 70.0 Å².